The first-order chi connectivity index (χ1) is 14.5. The second-order valence-corrected chi connectivity index (χ2v) is 7.46. The van der Waals surface area contributed by atoms with Gasteiger partial charge in [-0.15, -0.1) is 0 Å². The van der Waals surface area contributed by atoms with Gasteiger partial charge >= 0.3 is 0 Å². The Morgan fingerprint density at radius 2 is 1.80 bits per heavy atom. The van der Waals surface area contributed by atoms with E-state index in [0.717, 1.165) is 30.0 Å². The highest BCUT2D eigenvalue weighted by molar-refractivity contribution is 5.92. The van der Waals surface area contributed by atoms with E-state index >= 15 is 0 Å². The lowest BCUT2D eigenvalue weighted by atomic mass is 10.1. The van der Waals surface area contributed by atoms with Gasteiger partial charge in [-0.3, -0.25) is 9.69 Å². The number of carbonyl (C=O) groups excluding carboxylic acids is 1. The third-order valence-electron chi connectivity index (χ3n) is 5.39. The molecule has 0 unspecified atom stereocenters. The first-order valence-corrected chi connectivity index (χ1v) is 10.0. The zero-order valence-electron chi connectivity index (χ0n) is 17.2. The van der Waals surface area contributed by atoms with Crippen LogP contribution in [0.25, 0.3) is 5.69 Å². The first kappa shape index (κ1) is 20.1. The minimum Gasteiger partial charge on any atom is -0.494 e. The maximum atomic E-state index is 13.9. The molecule has 1 aliphatic heterocycles. The summed E-state index contributed by atoms with van der Waals surface area (Å²) in [5, 5.41) is 4.53. The van der Waals surface area contributed by atoms with Crippen molar-refractivity contribution in [3.8, 4) is 11.4 Å². The van der Waals surface area contributed by atoms with Gasteiger partial charge < -0.3 is 9.64 Å². The summed E-state index contributed by atoms with van der Waals surface area (Å²) in [5.74, 6) is -0.157. The van der Waals surface area contributed by atoms with E-state index in [-0.39, 0.29) is 17.5 Å². The molecule has 1 aliphatic rings. The standard InChI is InChI=1S/C23H25FN4O2/c1-17-14-21(25-28(17)19-6-4-3-5-7-19)23(29)27-12-10-26(11-13-27)16-18-8-9-22(30-2)20(24)15-18/h3-9,14-15H,10-13,16H2,1-2H3. The lowest BCUT2D eigenvalue weighted by Crippen LogP contribution is -2.48. The van der Waals surface area contributed by atoms with Crippen molar-refractivity contribution < 1.29 is 13.9 Å². The normalized spacial score (nSPS) is 14.7. The smallest absolute Gasteiger partial charge is 0.274 e. The van der Waals surface area contributed by atoms with E-state index < -0.39 is 0 Å². The predicted octanol–water partition coefficient (Wildman–Crippen LogP) is 3.29. The maximum absolute atomic E-state index is 13.9. The topological polar surface area (TPSA) is 50.6 Å². The summed E-state index contributed by atoms with van der Waals surface area (Å²) in [6, 6.07) is 16.7. The highest BCUT2D eigenvalue weighted by Gasteiger charge is 2.24. The summed E-state index contributed by atoms with van der Waals surface area (Å²) in [6.45, 7) is 5.30. The van der Waals surface area contributed by atoms with Crippen molar-refractivity contribution in [3.05, 3.63) is 77.4 Å². The summed E-state index contributed by atoms with van der Waals surface area (Å²) in [4.78, 5) is 17.0. The lowest BCUT2D eigenvalue weighted by Gasteiger charge is -2.34. The summed E-state index contributed by atoms with van der Waals surface area (Å²) in [6.07, 6.45) is 0. The largest absolute Gasteiger partial charge is 0.494 e. The number of aromatic nitrogens is 2. The second-order valence-electron chi connectivity index (χ2n) is 7.46. The number of benzene rings is 2. The van der Waals surface area contributed by atoms with Crippen molar-refractivity contribution in [1.82, 2.24) is 19.6 Å². The number of aryl methyl sites for hydroxylation is 1. The number of piperazine rings is 1. The van der Waals surface area contributed by atoms with E-state index in [2.05, 4.69) is 10.00 Å². The van der Waals surface area contributed by atoms with Crippen LogP contribution in [0.5, 0.6) is 5.75 Å². The Morgan fingerprint density at radius 3 is 2.47 bits per heavy atom. The highest BCUT2D eigenvalue weighted by Crippen LogP contribution is 2.20. The van der Waals surface area contributed by atoms with Crippen molar-refractivity contribution in [2.75, 3.05) is 33.3 Å². The third kappa shape index (κ3) is 4.21. The van der Waals surface area contributed by atoms with Crippen LogP contribution in [0.2, 0.25) is 0 Å². The number of hydrogen-bond donors (Lipinski definition) is 0. The average Bonchev–Trinajstić information content (AvgIpc) is 3.16. The van der Waals surface area contributed by atoms with Crippen LogP contribution < -0.4 is 4.74 Å². The SMILES string of the molecule is COc1ccc(CN2CCN(C(=O)c3cc(C)n(-c4ccccc4)n3)CC2)cc1F. The molecule has 0 spiro atoms. The Kier molecular flexibility index (Phi) is 5.81. The van der Waals surface area contributed by atoms with Crippen LogP contribution in [0.15, 0.2) is 54.6 Å². The summed E-state index contributed by atoms with van der Waals surface area (Å²) in [7, 11) is 1.46. The molecular weight excluding hydrogens is 383 g/mol. The quantitative estimate of drug-likeness (QED) is 0.650. The molecule has 2 aromatic carbocycles. The average molecular weight is 408 g/mol. The number of para-hydroxylation sites is 1. The molecule has 0 bridgehead atoms. The maximum Gasteiger partial charge on any atom is 0.274 e. The molecular formula is C23H25FN4O2. The van der Waals surface area contributed by atoms with E-state index in [1.165, 1.54) is 13.2 Å². The van der Waals surface area contributed by atoms with Gasteiger partial charge in [-0.2, -0.15) is 5.10 Å². The summed E-state index contributed by atoms with van der Waals surface area (Å²) < 4.78 is 20.7. The van der Waals surface area contributed by atoms with Gasteiger partial charge in [-0.25, -0.2) is 9.07 Å². The molecule has 0 N–H and O–H groups in total. The van der Waals surface area contributed by atoms with Gasteiger partial charge in [0.25, 0.3) is 5.91 Å². The zero-order chi connectivity index (χ0) is 21.1. The molecule has 6 nitrogen and oxygen atoms in total. The van der Waals surface area contributed by atoms with E-state index in [1.807, 2.05) is 54.3 Å². The van der Waals surface area contributed by atoms with Crippen LogP contribution in [-0.4, -0.2) is 58.8 Å². The summed E-state index contributed by atoms with van der Waals surface area (Å²) >= 11 is 0. The molecule has 1 amide bonds. The predicted molar refractivity (Wildman–Crippen MR) is 112 cm³/mol. The minimum absolute atomic E-state index is 0.0528. The van der Waals surface area contributed by atoms with Gasteiger partial charge in [0.2, 0.25) is 0 Å². The number of nitrogens with zero attached hydrogens (tertiary/aromatic N) is 4. The van der Waals surface area contributed by atoms with Crippen molar-refractivity contribution >= 4 is 5.91 Å². The van der Waals surface area contributed by atoms with E-state index in [4.69, 9.17) is 4.74 Å². The third-order valence-corrected chi connectivity index (χ3v) is 5.39. The van der Waals surface area contributed by atoms with Crippen LogP contribution >= 0.6 is 0 Å². The van der Waals surface area contributed by atoms with Gasteiger partial charge in [-0.1, -0.05) is 24.3 Å². The molecule has 30 heavy (non-hydrogen) atoms. The number of methoxy groups -OCH3 is 1. The Labute approximate surface area is 175 Å². The van der Waals surface area contributed by atoms with E-state index in [1.54, 1.807) is 10.7 Å². The Bertz CT molecular complexity index is 1030. The first-order valence-electron chi connectivity index (χ1n) is 10.0. The molecule has 0 radical (unpaired) electrons. The summed E-state index contributed by atoms with van der Waals surface area (Å²) in [5.41, 5.74) is 3.21. The van der Waals surface area contributed by atoms with Gasteiger partial charge in [0.1, 0.15) is 0 Å². The molecule has 1 fully saturated rings. The molecule has 7 heteroatoms. The van der Waals surface area contributed by atoms with Crippen LogP contribution in [0.1, 0.15) is 21.7 Å². The Morgan fingerprint density at radius 1 is 1.07 bits per heavy atom. The molecule has 3 aromatic rings. The Balaban J connectivity index is 1.37. The number of hydrogen-bond acceptors (Lipinski definition) is 4. The van der Waals surface area contributed by atoms with Gasteiger partial charge in [0, 0.05) is 38.4 Å². The van der Waals surface area contributed by atoms with Crippen molar-refractivity contribution in [2.24, 2.45) is 0 Å². The molecule has 1 saturated heterocycles. The van der Waals surface area contributed by atoms with Crippen molar-refractivity contribution in [3.63, 3.8) is 0 Å². The van der Waals surface area contributed by atoms with Gasteiger partial charge in [-0.05, 0) is 42.8 Å². The zero-order valence-corrected chi connectivity index (χ0v) is 17.2. The van der Waals surface area contributed by atoms with Crippen molar-refractivity contribution in [1.29, 1.82) is 0 Å². The van der Waals surface area contributed by atoms with E-state index in [0.29, 0.717) is 25.3 Å². The number of halogens is 1. The molecule has 2 heterocycles. The van der Waals surface area contributed by atoms with Crippen molar-refractivity contribution in [2.45, 2.75) is 13.5 Å². The van der Waals surface area contributed by atoms with Crippen LogP contribution in [0.3, 0.4) is 0 Å². The minimum atomic E-state index is -0.354. The lowest BCUT2D eigenvalue weighted by molar-refractivity contribution is 0.0622. The Hall–Kier alpha value is -3.19. The number of amides is 1. The van der Waals surface area contributed by atoms with E-state index in [9.17, 15) is 9.18 Å². The number of ether oxygens (including phenoxy) is 1. The van der Waals surface area contributed by atoms with Gasteiger partial charge in [0.15, 0.2) is 17.3 Å². The molecule has 4 rings (SSSR count). The molecule has 1 aromatic heterocycles. The van der Waals surface area contributed by atoms with Crippen LogP contribution in [0.4, 0.5) is 4.39 Å². The fraction of sp³-hybridized carbons (Fsp3) is 0.304. The van der Waals surface area contributed by atoms with Crippen LogP contribution in [0, 0.1) is 12.7 Å². The highest BCUT2D eigenvalue weighted by atomic mass is 19.1. The monoisotopic (exact) mass is 408 g/mol. The number of rotatable bonds is 5. The van der Waals surface area contributed by atoms with Crippen LogP contribution in [-0.2, 0) is 6.54 Å². The molecule has 0 aliphatic carbocycles. The second kappa shape index (κ2) is 8.67. The fourth-order valence-electron chi connectivity index (χ4n) is 3.75. The molecule has 0 saturated carbocycles. The number of carbonyl (C=O) groups is 1. The fourth-order valence-corrected chi connectivity index (χ4v) is 3.75. The molecule has 156 valence electrons. The molecule has 0 atom stereocenters. The van der Waals surface area contributed by atoms with Gasteiger partial charge in [0.05, 0.1) is 12.8 Å².